The smallest absolute Gasteiger partial charge is 0.255 e. The van der Waals surface area contributed by atoms with Crippen molar-refractivity contribution in [3.63, 3.8) is 0 Å². The number of hydrogen-bond donors (Lipinski definition) is 5. The fourth-order valence-electron chi connectivity index (χ4n) is 5.09. The fourth-order valence-corrected chi connectivity index (χ4v) is 5.09. The van der Waals surface area contributed by atoms with Gasteiger partial charge in [-0.05, 0) is 36.5 Å². The van der Waals surface area contributed by atoms with Crippen LogP contribution in [0, 0.1) is 11.8 Å². The number of hydrogen-bond acceptors (Lipinski definition) is 9. The number of Topliss-reactive ketones (excluding diaryl/α,β-unsaturated/α-hetero) is 3. The molecule has 1 aromatic rings. The third-order valence-corrected chi connectivity index (χ3v) is 6.52. The van der Waals surface area contributed by atoms with Crippen molar-refractivity contribution >= 4 is 29.0 Å². The molecule has 0 spiro atoms. The van der Waals surface area contributed by atoms with Gasteiger partial charge in [0, 0.05) is 30.6 Å². The Morgan fingerprint density at radius 3 is 2.50 bits per heavy atom. The number of aliphatic hydroxyl groups is 3. The van der Waals surface area contributed by atoms with Crippen LogP contribution in [0.2, 0.25) is 0 Å². The maximum absolute atomic E-state index is 13.4. The molecule has 0 aromatic heterocycles. The van der Waals surface area contributed by atoms with Crippen LogP contribution in [-0.2, 0) is 25.5 Å². The summed E-state index contributed by atoms with van der Waals surface area (Å²) in [6.07, 6.45) is -0.346. The van der Waals surface area contributed by atoms with Crippen molar-refractivity contribution in [2.45, 2.75) is 24.9 Å². The first-order valence-electron chi connectivity index (χ1n) is 9.88. The normalized spacial score (nSPS) is 27.1. The number of rotatable bonds is 4. The minimum atomic E-state index is -2.62. The monoisotopic (exact) mass is 443 g/mol. The molecule has 10 nitrogen and oxygen atoms in total. The zero-order chi connectivity index (χ0) is 23.5. The molecule has 4 rings (SSSR count). The molecule has 1 aromatic carbocycles. The highest BCUT2D eigenvalue weighted by Gasteiger charge is 2.60. The van der Waals surface area contributed by atoms with E-state index in [9.17, 15) is 39.6 Å². The third kappa shape index (κ3) is 2.80. The average Bonchev–Trinajstić information content (AvgIpc) is 2.70. The van der Waals surface area contributed by atoms with Crippen LogP contribution in [0.15, 0.2) is 29.0 Å². The number of phenols is 1. The third-order valence-electron chi connectivity index (χ3n) is 6.52. The van der Waals surface area contributed by atoms with Crippen molar-refractivity contribution in [3.05, 3.63) is 45.7 Å². The Hall–Kier alpha value is -3.50. The maximum atomic E-state index is 13.4. The molecule has 3 aliphatic rings. The van der Waals surface area contributed by atoms with E-state index >= 15 is 0 Å². The molecule has 1 amide bonds. The van der Waals surface area contributed by atoms with Gasteiger partial charge in [0.05, 0.1) is 5.56 Å². The second kappa shape index (κ2) is 7.28. The number of ether oxygens (including phenoxy) is 1. The van der Waals surface area contributed by atoms with Gasteiger partial charge in [0.2, 0.25) is 5.78 Å². The van der Waals surface area contributed by atoms with Gasteiger partial charge < -0.3 is 30.9 Å². The summed E-state index contributed by atoms with van der Waals surface area (Å²) in [6.45, 7) is -0.233. The summed E-state index contributed by atoms with van der Waals surface area (Å²) in [5.41, 5.74) is 1.83. The lowest BCUT2D eigenvalue weighted by Gasteiger charge is -2.46. The Morgan fingerprint density at radius 2 is 1.88 bits per heavy atom. The van der Waals surface area contributed by atoms with E-state index in [-0.39, 0.29) is 41.9 Å². The molecule has 3 aliphatic carbocycles. The molecular formula is C22H21NO9. The highest BCUT2D eigenvalue weighted by molar-refractivity contribution is 6.22. The number of benzene rings is 1. The Kier molecular flexibility index (Phi) is 4.94. The second-order valence-electron chi connectivity index (χ2n) is 8.25. The Morgan fingerprint density at radius 1 is 1.19 bits per heavy atom. The summed E-state index contributed by atoms with van der Waals surface area (Å²) in [7, 11) is 1.35. The van der Waals surface area contributed by atoms with Crippen LogP contribution in [0.4, 0.5) is 0 Å². The number of aromatic hydroxyl groups is 1. The minimum Gasteiger partial charge on any atom is -0.508 e. The molecule has 0 heterocycles. The molecule has 0 aliphatic heterocycles. The molecular weight excluding hydrogens is 422 g/mol. The summed E-state index contributed by atoms with van der Waals surface area (Å²) in [5, 5.41) is 43.0. The first kappa shape index (κ1) is 21.7. The van der Waals surface area contributed by atoms with E-state index in [2.05, 4.69) is 0 Å². The van der Waals surface area contributed by atoms with Crippen LogP contribution in [0.25, 0.3) is 5.76 Å². The molecule has 10 heteroatoms. The van der Waals surface area contributed by atoms with E-state index in [1.165, 1.54) is 19.2 Å². The van der Waals surface area contributed by atoms with Crippen LogP contribution in [0.1, 0.15) is 34.3 Å². The lowest BCUT2D eigenvalue weighted by Crippen LogP contribution is -2.58. The van der Waals surface area contributed by atoms with Gasteiger partial charge in [-0.25, -0.2) is 0 Å². The van der Waals surface area contributed by atoms with E-state index in [4.69, 9.17) is 10.5 Å². The van der Waals surface area contributed by atoms with Crippen LogP contribution < -0.4 is 5.73 Å². The lowest BCUT2D eigenvalue weighted by atomic mass is 9.59. The van der Waals surface area contributed by atoms with Crippen LogP contribution >= 0.6 is 0 Å². The van der Waals surface area contributed by atoms with Crippen molar-refractivity contribution in [3.8, 4) is 5.75 Å². The summed E-state index contributed by atoms with van der Waals surface area (Å²) in [4.78, 5) is 49.8. The quantitative estimate of drug-likeness (QED) is 0.321. The van der Waals surface area contributed by atoms with Gasteiger partial charge in [0.25, 0.3) is 5.91 Å². The topological polar surface area (TPSA) is 184 Å². The fraction of sp³-hybridized carbons (Fsp3) is 0.364. The van der Waals surface area contributed by atoms with Gasteiger partial charge in [-0.2, -0.15) is 0 Å². The van der Waals surface area contributed by atoms with Gasteiger partial charge in [-0.3, -0.25) is 19.2 Å². The second-order valence-corrected chi connectivity index (χ2v) is 8.25. The predicted octanol–water partition coefficient (Wildman–Crippen LogP) is 0.253. The molecule has 32 heavy (non-hydrogen) atoms. The molecule has 1 saturated carbocycles. The molecule has 3 atom stereocenters. The van der Waals surface area contributed by atoms with Gasteiger partial charge in [0.15, 0.2) is 17.2 Å². The van der Waals surface area contributed by atoms with Crippen molar-refractivity contribution < 1.29 is 44.3 Å². The number of carbonyl (C=O) groups is 4. The number of fused-ring (bicyclic) bond motifs is 3. The van der Waals surface area contributed by atoms with Gasteiger partial charge in [-0.15, -0.1) is 0 Å². The largest absolute Gasteiger partial charge is 0.508 e. The lowest BCUT2D eigenvalue weighted by molar-refractivity contribution is -0.147. The number of amides is 1. The van der Waals surface area contributed by atoms with E-state index in [0.717, 1.165) is 0 Å². The molecule has 168 valence electrons. The molecule has 0 saturated heterocycles. The van der Waals surface area contributed by atoms with Crippen LogP contribution in [-0.4, -0.2) is 63.0 Å². The Labute approximate surface area is 181 Å². The molecule has 1 fully saturated rings. The number of methoxy groups -OCH3 is 1. The van der Waals surface area contributed by atoms with Gasteiger partial charge >= 0.3 is 0 Å². The number of phenolic OH excluding ortho intramolecular Hbond substituents is 1. The van der Waals surface area contributed by atoms with Crippen LogP contribution in [0.5, 0.6) is 5.75 Å². The SMILES string of the molecule is COCC(=O)c1ccc(O)c2c1CC1CC3CC(=O)C(C(N)=O)=C(O)[C@@]3(O)C(=O)C1=C2O. The highest BCUT2D eigenvalue weighted by atomic mass is 16.5. The Balaban J connectivity index is 1.92. The summed E-state index contributed by atoms with van der Waals surface area (Å²) in [5.74, 6) is -7.46. The molecule has 0 radical (unpaired) electrons. The van der Waals surface area contributed by atoms with Gasteiger partial charge in [0.1, 0.15) is 29.4 Å². The first-order valence-corrected chi connectivity index (χ1v) is 9.88. The summed E-state index contributed by atoms with van der Waals surface area (Å²) >= 11 is 0. The number of ketones is 3. The molecule has 0 bridgehead atoms. The average molecular weight is 443 g/mol. The summed E-state index contributed by atoms with van der Waals surface area (Å²) < 4.78 is 4.88. The minimum absolute atomic E-state index is 0.00349. The van der Waals surface area contributed by atoms with Crippen molar-refractivity contribution in [2.24, 2.45) is 17.6 Å². The van der Waals surface area contributed by atoms with Crippen LogP contribution in [0.3, 0.4) is 0 Å². The Bertz CT molecular complexity index is 1160. The van der Waals surface area contributed by atoms with Gasteiger partial charge in [-0.1, -0.05) is 0 Å². The first-order chi connectivity index (χ1) is 15.0. The maximum Gasteiger partial charge on any atom is 0.255 e. The number of nitrogens with two attached hydrogens (primary N) is 1. The predicted molar refractivity (Wildman–Crippen MR) is 108 cm³/mol. The molecule has 2 unspecified atom stereocenters. The molecule has 6 N–H and O–H groups in total. The van der Waals surface area contributed by atoms with Crippen molar-refractivity contribution in [1.82, 2.24) is 0 Å². The zero-order valence-corrected chi connectivity index (χ0v) is 17.0. The highest BCUT2D eigenvalue weighted by Crippen LogP contribution is 2.52. The van der Waals surface area contributed by atoms with E-state index in [0.29, 0.717) is 5.56 Å². The van der Waals surface area contributed by atoms with E-state index in [1.807, 2.05) is 0 Å². The summed E-state index contributed by atoms with van der Waals surface area (Å²) in [6, 6.07) is 2.60. The van der Waals surface area contributed by atoms with Crippen molar-refractivity contribution in [2.75, 3.05) is 13.7 Å². The van der Waals surface area contributed by atoms with E-state index < -0.39 is 64.2 Å². The standard InChI is InChI=1S/C22H21NO9/c1-32-7-14(26)10-2-3-12(24)16-11(10)5-8-4-9-6-13(25)17(21(23)30)20(29)22(9,31)19(28)15(8)18(16)27/h2-3,8-9,24,27,29,31H,4-7H2,1H3,(H2,23,30)/t8?,9?,22-/m0/s1. The number of primary amides is 1. The van der Waals surface area contributed by atoms with E-state index in [1.54, 1.807) is 0 Å². The zero-order valence-electron chi connectivity index (χ0n) is 17.0. The van der Waals surface area contributed by atoms with Crippen molar-refractivity contribution in [1.29, 1.82) is 0 Å². The number of carbonyl (C=O) groups excluding carboxylic acids is 4. The number of aliphatic hydroxyl groups excluding tert-OH is 2.